The lowest BCUT2D eigenvalue weighted by molar-refractivity contribution is 0.533. The van der Waals surface area contributed by atoms with Crippen molar-refractivity contribution >= 4 is 22.5 Å². The number of anilines is 2. The molecule has 2 aliphatic heterocycles. The maximum absolute atomic E-state index is 14.7. The van der Waals surface area contributed by atoms with Crippen molar-refractivity contribution in [2.24, 2.45) is 11.8 Å². The van der Waals surface area contributed by atoms with Crippen LogP contribution in [0.3, 0.4) is 0 Å². The van der Waals surface area contributed by atoms with E-state index in [1.165, 1.54) is 6.33 Å². The average Bonchev–Trinajstić information content (AvgIpc) is 3.26. The lowest BCUT2D eigenvalue weighted by Crippen LogP contribution is -2.30. The maximum Gasteiger partial charge on any atom is 0.187 e. The highest BCUT2D eigenvalue weighted by atomic mass is 19.1. The molecule has 2 atom stereocenters. The third kappa shape index (κ3) is 2.75. The van der Waals surface area contributed by atoms with E-state index in [-0.39, 0.29) is 5.82 Å². The Morgan fingerprint density at radius 1 is 1.04 bits per heavy atom. The van der Waals surface area contributed by atoms with Crippen LogP contribution in [0.15, 0.2) is 24.8 Å². The summed E-state index contributed by atoms with van der Waals surface area (Å²) < 4.78 is 14.7. The monoisotopic (exact) mass is 379 g/mol. The van der Waals surface area contributed by atoms with E-state index in [0.717, 1.165) is 48.7 Å². The number of aryl methyl sites for hydroxylation is 2. The largest absolute Gasteiger partial charge is 0.355 e. The van der Waals surface area contributed by atoms with Crippen molar-refractivity contribution in [3.8, 4) is 0 Å². The molecule has 3 aromatic rings. The van der Waals surface area contributed by atoms with Crippen molar-refractivity contribution in [1.82, 2.24) is 24.9 Å². The molecule has 7 nitrogen and oxygen atoms in total. The van der Waals surface area contributed by atoms with Crippen LogP contribution in [-0.4, -0.2) is 51.1 Å². The van der Waals surface area contributed by atoms with Crippen molar-refractivity contribution in [2.75, 3.05) is 36.0 Å². The summed E-state index contributed by atoms with van der Waals surface area (Å²) in [6.45, 7) is 7.25. The Bertz CT molecular complexity index is 1030. The van der Waals surface area contributed by atoms with E-state index >= 15 is 0 Å². The Hall–Kier alpha value is -2.90. The van der Waals surface area contributed by atoms with Crippen LogP contribution in [-0.2, 0) is 6.42 Å². The van der Waals surface area contributed by atoms with E-state index in [1.807, 2.05) is 19.9 Å². The minimum absolute atomic E-state index is 0.272. The number of rotatable bonds is 3. The third-order valence-electron chi connectivity index (χ3n) is 5.85. The number of nitrogens with zero attached hydrogens (tertiary/aromatic N) is 7. The van der Waals surface area contributed by atoms with Gasteiger partial charge in [0.25, 0.3) is 0 Å². The zero-order chi connectivity index (χ0) is 19.3. The average molecular weight is 379 g/mol. The molecule has 28 heavy (non-hydrogen) atoms. The van der Waals surface area contributed by atoms with Gasteiger partial charge in [-0.15, -0.1) is 0 Å². The molecule has 2 saturated heterocycles. The van der Waals surface area contributed by atoms with Crippen molar-refractivity contribution in [3.63, 3.8) is 0 Å². The Kier molecular flexibility index (Phi) is 4.07. The molecule has 2 unspecified atom stereocenters. The van der Waals surface area contributed by atoms with Gasteiger partial charge >= 0.3 is 0 Å². The molecule has 2 aliphatic rings. The van der Waals surface area contributed by atoms with Gasteiger partial charge in [-0.05, 0) is 19.4 Å². The van der Waals surface area contributed by atoms with Gasteiger partial charge in [0, 0.05) is 49.6 Å². The minimum Gasteiger partial charge on any atom is -0.355 e. The zero-order valence-electron chi connectivity index (χ0n) is 16.0. The second kappa shape index (κ2) is 6.61. The molecule has 0 bridgehead atoms. The zero-order valence-corrected chi connectivity index (χ0v) is 16.0. The van der Waals surface area contributed by atoms with Crippen LogP contribution >= 0.6 is 0 Å². The van der Waals surface area contributed by atoms with E-state index in [0.29, 0.717) is 29.8 Å². The smallest absolute Gasteiger partial charge is 0.187 e. The standard InChI is InChI=1S/C20H22FN7/c1-3-16-18(21)20(24-11-23-16)28-9-13-7-27(8-14(13)10-28)19-15-4-5-22-6-17(15)25-12(2)26-19/h4-6,11,13-14H,3,7-10H2,1-2H3. The number of hydrogen-bond donors (Lipinski definition) is 0. The van der Waals surface area contributed by atoms with Gasteiger partial charge in [-0.1, -0.05) is 6.92 Å². The molecule has 0 aromatic carbocycles. The highest BCUT2D eigenvalue weighted by molar-refractivity contribution is 5.89. The highest BCUT2D eigenvalue weighted by Gasteiger charge is 2.42. The summed E-state index contributed by atoms with van der Waals surface area (Å²) in [6, 6.07) is 1.98. The molecular weight excluding hydrogens is 357 g/mol. The van der Waals surface area contributed by atoms with Crippen molar-refractivity contribution in [1.29, 1.82) is 0 Å². The second-order valence-corrected chi connectivity index (χ2v) is 7.63. The SMILES string of the molecule is CCc1ncnc(N2CC3CN(c4nc(C)nc5cnccc45)CC3C2)c1F. The summed E-state index contributed by atoms with van der Waals surface area (Å²) in [4.78, 5) is 26.1. The normalized spacial score (nSPS) is 21.5. The first-order chi connectivity index (χ1) is 13.6. The summed E-state index contributed by atoms with van der Waals surface area (Å²) in [5.41, 5.74) is 1.36. The molecule has 2 fully saturated rings. The summed E-state index contributed by atoms with van der Waals surface area (Å²) in [5, 5.41) is 1.03. The van der Waals surface area contributed by atoms with Crippen molar-refractivity contribution in [3.05, 3.63) is 42.1 Å². The predicted octanol–water partition coefficient (Wildman–Crippen LogP) is 2.40. The fraction of sp³-hybridized carbons (Fsp3) is 0.450. The first-order valence-corrected chi connectivity index (χ1v) is 9.71. The highest BCUT2D eigenvalue weighted by Crippen LogP contribution is 2.37. The molecule has 5 rings (SSSR count). The topological polar surface area (TPSA) is 70.9 Å². The fourth-order valence-corrected chi connectivity index (χ4v) is 4.52. The van der Waals surface area contributed by atoms with Crippen molar-refractivity contribution in [2.45, 2.75) is 20.3 Å². The lowest BCUT2D eigenvalue weighted by atomic mass is 10.0. The van der Waals surface area contributed by atoms with Gasteiger partial charge in [0.05, 0.1) is 17.4 Å². The molecule has 3 aromatic heterocycles. The van der Waals surface area contributed by atoms with Crippen LogP contribution in [0.5, 0.6) is 0 Å². The van der Waals surface area contributed by atoms with Crippen LogP contribution in [0.25, 0.3) is 10.9 Å². The lowest BCUT2D eigenvalue weighted by Gasteiger charge is -2.24. The number of pyridine rings is 1. The fourth-order valence-electron chi connectivity index (χ4n) is 4.52. The molecule has 0 N–H and O–H groups in total. The molecule has 0 amide bonds. The van der Waals surface area contributed by atoms with E-state index in [4.69, 9.17) is 4.98 Å². The summed E-state index contributed by atoms with van der Waals surface area (Å²) in [7, 11) is 0. The second-order valence-electron chi connectivity index (χ2n) is 7.63. The number of aromatic nitrogens is 5. The Morgan fingerprint density at radius 2 is 1.75 bits per heavy atom. The molecule has 5 heterocycles. The minimum atomic E-state index is -0.272. The van der Waals surface area contributed by atoms with E-state index in [9.17, 15) is 4.39 Å². The van der Waals surface area contributed by atoms with E-state index in [2.05, 4.69) is 29.7 Å². The maximum atomic E-state index is 14.7. The molecule has 0 saturated carbocycles. The Labute approximate surface area is 162 Å². The molecule has 144 valence electrons. The summed E-state index contributed by atoms with van der Waals surface area (Å²) >= 11 is 0. The first kappa shape index (κ1) is 17.2. The van der Waals surface area contributed by atoms with Crippen LogP contribution < -0.4 is 9.80 Å². The van der Waals surface area contributed by atoms with E-state index < -0.39 is 0 Å². The number of fused-ring (bicyclic) bond motifs is 2. The Morgan fingerprint density at radius 3 is 2.46 bits per heavy atom. The van der Waals surface area contributed by atoms with Gasteiger partial charge in [0.15, 0.2) is 11.6 Å². The molecule has 0 aliphatic carbocycles. The predicted molar refractivity (Wildman–Crippen MR) is 105 cm³/mol. The third-order valence-corrected chi connectivity index (χ3v) is 5.85. The van der Waals surface area contributed by atoms with Crippen LogP contribution in [0, 0.1) is 24.6 Å². The summed E-state index contributed by atoms with van der Waals surface area (Å²) in [5.74, 6) is 2.84. The summed E-state index contributed by atoms with van der Waals surface area (Å²) in [6.07, 6.45) is 5.62. The van der Waals surface area contributed by atoms with Crippen molar-refractivity contribution < 1.29 is 4.39 Å². The van der Waals surface area contributed by atoms with E-state index in [1.54, 1.807) is 12.4 Å². The van der Waals surface area contributed by atoms with Gasteiger partial charge in [-0.2, -0.15) is 0 Å². The van der Waals surface area contributed by atoms with Crippen LogP contribution in [0.1, 0.15) is 18.4 Å². The molecule has 0 spiro atoms. The molecule has 8 heteroatoms. The number of halogens is 1. The van der Waals surface area contributed by atoms with Gasteiger partial charge in [0.1, 0.15) is 18.0 Å². The van der Waals surface area contributed by atoms with Crippen LogP contribution in [0.2, 0.25) is 0 Å². The van der Waals surface area contributed by atoms with Gasteiger partial charge < -0.3 is 9.80 Å². The quantitative estimate of drug-likeness (QED) is 0.692. The Balaban J connectivity index is 1.39. The van der Waals surface area contributed by atoms with Crippen LogP contribution in [0.4, 0.5) is 16.0 Å². The first-order valence-electron chi connectivity index (χ1n) is 9.71. The van der Waals surface area contributed by atoms with Gasteiger partial charge in [-0.25, -0.2) is 24.3 Å². The number of hydrogen-bond acceptors (Lipinski definition) is 7. The molecular formula is C20H22FN7. The van der Waals surface area contributed by atoms with Gasteiger partial charge in [0.2, 0.25) is 0 Å². The van der Waals surface area contributed by atoms with Gasteiger partial charge in [-0.3, -0.25) is 4.98 Å². The molecule has 0 radical (unpaired) electrons.